The minimum Gasteiger partial charge on any atom is -0.338 e. The lowest BCUT2D eigenvalue weighted by atomic mass is 10.0. The van der Waals surface area contributed by atoms with Gasteiger partial charge in [0.25, 0.3) is 0 Å². The van der Waals surface area contributed by atoms with E-state index in [0.29, 0.717) is 12.1 Å². The molecule has 1 aromatic rings. The first-order valence-corrected chi connectivity index (χ1v) is 10.4. The van der Waals surface area contributed by atoms with Gasteiger partial charge in [0.2, 0.25) is 5.91 Å². The summed E-state index contributed by atoms with van der Waals surface area (Å²) in [6.07, 6.45) is 7.11. The molecule has 3 heterocycles. The third kappa shape index (κ3) is 4.17. The molecule has 0 N–H and O–H groups in total. The Morgan fingerprint density at radius 3 is 2.79 bits per heavy atom. The zero-order valence-corrected chi connectivity index (χ0v) is 16.1. The van der Waals surface area contributed by atoms with Gasteiger partial charge in [-0.1, -0.05) is 13.8 Å². The fourth-order valence-electron chi connectivity index (χ4n) is 4.22. The normalized spacial score (nSPS) is 25.1. The fraction of sp³-hybridized carbons (Fsp3) is 0.789. The molecule has 1 aromatic heterocycles. The van der Waals surface area contributed by atoms with E-state index in [0.717, 1.165) is 44.8 Å². The molecular formula is C19H31N3OS. The first kappa shape index (κ1) is 17.9. The van der Waals surface area contributed by atoms with Crippen LogP contribution in [-0.4, -0.2) is 45.9 Å². The summed E-state index contributed by atoms with van der Waals surface area (Å²) >= 11 is 1.81. The van der Waals surface area contributed by atoms with Crippen LogP contribution in [0.1, 0.15) is 63.6 Å². The predicted octanol–water partition coefficient (Wildman–Crippen LogP) is 3.71. The number of aryl methyl sites for hydroxylation is 1. The smallest absolute Gasteiger partial charge is 0.219 e. The fourth-order valence-corrected chi connectivity index (χ4v) is 5.03. The van der Waals surface area contributed by atoms with Crippen LogP contribution >= 0.6 is 11.3 Å². The van der Waals surface area contributed by atoms with Crippen LogP contribution in [-0.2, 0) is 17.8 Å². The Balaban J connectivity index is 1.61. The quantitative estimate of drug-likeness (QED) is 0.785. The predicted molar refractivity (Wildman–Crippen MR) is 99.1 cm³/mol. The van der Waals surface area contributed by atoms with Crippen molar-refractivity contribution in [1.29, 1.82) is 0 Å². The van der Waals surface area contributed by atoms with Crippen LogP contribution < -0.4 is 0 Å². The summed E-state index contributed by atoms with van der Waals surface area (Å²) in [6, 6.07) is 0.946. The average Bonchev–Trinajstić information content (AvgIpc) is 3.25. The van der Waals surface area contributed by atoms with Crippen LogP contribution in [0.2, 0.25) is 0 Å². The van der Waals surface area contributed by atoms with Crippen molar-refractivity contribution in [3.63, 3.8) is 0 Å². The molecule has 2 fully saturated rings. The van der Waals surface area contributed by atoms with Gasteiger partial charge in [0.1, 0.15) is 0 Å². The summed E-state index contributed by atoms with van der Waals surface area (Å²) in [6.45, 7) is 9.30. The molecule has 0 bridgehead atoms. The van der Waals surface area contributed by atoms with E-state index in [4.69, 9.17) is 4.98 Å². The van der Waals surface area contributed by atoms with E-state index >= 15 is 0 Å². The van der Waals surface area contributed by atoms with Gasteiger partial charge in [0.05, 0.1) is 10.7 Å². The van der Waals surface area contributed by atoms with Crippen molar-refractivity contribution in [2.24, 2.45) is 5.92 Å². The van der Waals surface area contributed by atoms with Gasteiger partial charge in [-0.05, 0) is 51.0 Å². The van der Waals surface area contributed by atoms with E-state index in [1.165, 1.54) is 30.0 Å². The Labute approximate surface area is 150 Å². The highest BCUT2D eigenvalue weighted by Crippen LogP contribution is 2.31. The van der Waals surface area contributed by atoms with E-state index in [9.17, 15) is 4.79 Å². The van der Waals surface area contributed by atoms with Crippen molar-refractivity contribution in [2.45, 2.75) is 77.9 Å². The lowest BCUT2D eigenvalue weighted by Crippen LogP contribution is -2.47. The Morgan fingerprint density at radius 1 is 1.29 bits per heavy atom. The van der Waals surface area contributed by atoms with Gasteiger partial charge in [0, 0.05) is 37.5 Å². The van der Waals surface area contributed by atoms with Crippen molar-refractivity contribution in [2.75, 3.05) is 13.1 Å². The number of amides is 1. The Bertz CT molecular complexity index is 557. The molecule has 0 unspecified atom stereocenters. The summed E-state index contributed by atoms with van der Waals surface area (Å²) in [4.78, 5) is 21.4. The number of rotatable bonds is 6. The highest BCUT2D eigenvalue weighted by Gasteiger charge is 2.38. The molecule has 2 atom stereocenters. The van der Waals surface area contributed by atoms with Gasteiger partial charge in [-0.25, -0.2) is 4.98 Å². The van der Waals surface area contributed by atoms with Crippen molar-refractivity contribution < 1.29 is 4.79 Å². The van der Waals surface area contributed by atoms with Crippen LogP contribution in [0, 0.1) is 5.92 Å². The third-order valence-electron chi connectivity index (χ3n) is 5.46. The number of thiazole rings is 1. The van der Waals surface area contributed by atoms with E-state index < -0.39 is 0 Å². The van der Waals surface area contributed by atoms with Gasteiger partial charge in [-0.2, -0.15) is 0 Å². The van der Waals surface area contributed by atoms with Crippen molar-refractivity contribution in [3.05, 3.63) is 16.1 Å². The van der Waals surface area contributed by atoms with Crippen molar-refractivity contribution in [1.82, 2.24) is 14.8 Å². The van der Waals surface area contributed by atoms with Gasteiger partial charge < -0.3 is 4.90 Å². The van der Waals surface area contributed by atoms with Crippen LogP contribution in [0.3, 0.4) is 0 Å². The summed E-state index contributed by atoms with van der Waals surface area (Å²) in [5.74, 6) is 0.981. The molecule has 0 aromatic carbocycles. The molecule has 0 spiro atoms. The lowest BCUT2D eigenvalue weighted by Gasteiger charge is -2.34. The van der Waals surface area contributed by atoms with E-state index in [-0.39, 0.29) is 5.91 Å². The number of likely N-dealkylation sites (tertiary alicyclic amines) is 2. The largest absolute Gasteiger partial charge is 0.338 e. The first-order chi connectivity index (χ1) is 11.5. The molecule has 0 aliphatic carbocycles. The molecular weight excluding hydrogens is 318 g/mol. The molecule has 134 valence electrons. The van der Waals surface area contributed by atoms with Crippen molar-refractivity contribution >= 4 is 17.2 Å². The second kappa shape index (κ2) is 7.96. The van der Waals surface area contributed by atoms with Crippen molar-refractivity contribution in [3.8, 4) is 0 Å². The zero-order chi connectivity index (χ0) is 17.1. The number of hydrogen-bond acceptors (Lipinski definition) is 4. The maximum Gasteiger partial charge on any atom is 0.219 e. The standard InChI is InChI=1S/C19H31N3OS/c1-14(2)8-9-19-20-16(13-24-19)12-21-10-4-6-17(21)18-7-5-11-22(18)15(3)23/h13-14,17-18H,4-12H2,1-3H3/t17-,18-/m1/s1. The summed E-state index contributed by atoms with van der Waals surface area (Å²) in [7, 11) is 0. The molecule has 3 rings (SSSR count). The highest BCUT2D eigenvalue weighted by atomic mass is 32.1. The van der Waals surface area contributed by atoms with E-state index in [1.807, 2.05) is 11.3 Å². The summed E-state index contributed by atoms with van der Waals surface area (Å²) < 4.78 is 0. The number of nitrogens with zero attached hydrogens (tertiary/aromatic N) is 3. The topological polar surface area (TPSA) is 36.4 Å². The number of carbonyl (C=O) groups excluding carboxylic acids is 1. The maximum absolute atomic E-state index is 11.9. The molecule has 2 saturated heterocycles. The van der Waals surface area contributed by atoms with E-state index in [1.54, 1.807) is 6.92 Å². The third-order valence-corrected chi connectivity index (χ3v) is 6.42. The molecule has 0 saturated carbocycles. The Kier molecular flexibility index (Phi) is 5.93. The minimum absolute atomic E-state index is 0.244. The maximum atomic E-state index is 11.9. The molecule has 4 nitrogen and oxygen atoms in total. The number of hydrogen-bond donors (Lipinski definition) is 0. The average molecular weight is 350 g/mol. The Morgan fingerprint density at radius 2 is 2.04 bits per heavy atom. The summed E-state index contributed by atoms with van der Waals surface area (Å²) in [5.41, 5.74) is 1.22. The van der Waals surface area contributed by atoms with Gasteiger partial charge in [0.15, 0.2) is 0 Å². The van der Waals surface area contributed by atoms with Gasteiger partial charge >= 0.3 is 0 Å². The second-order valence-corrected chi connectivity index (χ2v) is 8.71. The number of aromatic nitrogens is 1. The number of carbonyl (C=O) groups is 1. The minimum atomic E-state index is 0.244. The molecule has 24 heavy (non-hydrogen) atoms. The van der Waals surface area contributed by atoms with Crippen LogP contribution in [0.15, 0.2) is 5.38 Å². The molecule has 1 amide bonds. The van der Waals surface area contributed by atoms with Crippen LogP contribution in [0.5, 0.6) is 0 Å². The SMILES string of the molecule is CC(=O)N1CCC[C@@H]1[C@H]1CCCN1Cc1csc(CCC(C)C)n1. The van der Waals surface area contributed by atoms with Crippen LogP contribution in [0.25, 0.3) is 0 Å². The zero-order valence-electron chi connectivity index (χ0n) is 15.3. The molecule has 2 aliphatic heterocycles. The van der Waals surface area contributed by atoms with Gasteiger partial charge in [-0.3, -0.25) is 9.69 Å². The summed E-state index contributed by atoms with van der Waals surface area (Å²) in [5, 5.41) is 3.52. The van der Waals surface area contributed by atoms with Gasteiger partial charge in [-0.15, -0.1) is 11.3 Å². The molecule has 5 heteroatoms. The lowest BCUT2D eigenvalue weighted by molar-refractivity contribution is -0.130. The molecule has 2 aliphatic rings. The second-order valence-electron chi connectivity index (χ2n) is 7.77. The van der Waals surface area contributed by atoms with E-state index in [2.05, 4.69) is 29.0 Å². The monoisotopic (exact) mass is 349 g/mol. The molecule has 0 radical (unpaired) electrons. The van der Waals surface area contributed by atoms with Crippen LogP contribution in [0.4, 0.5) is 0 Å². The highest BCUT2D eigenvalue weighted by molar-refractivity contribution is 7.09. The Hall–Kier alpha value is -0.940. The first-order valence-electron chi connectivity index (χ1n) is 9.49.